The van der Waals surface area contributed by atoms with Crippen LogP contribution in [0.2, 0.25) is 0 Å². The first-order chi connectivity index (χ1) is 24.1. The van der Waals surface area contributed by atoms with Crippen LogP contribution in [0.4, 0.5) is 17.1 Å². The molecule has 1 heterocycles. The molecule has 0 saturated heterocycles. The van der Waals surface area contributed by atoms with Crippen LogP contribution in [-0.2, 0) is 5.41 Å². The maximum Gasteiger partial charge on any atom is 0.0541 e. The molecule has 9 rings (SSSR count). The molecule has 0 N–H and O–H groups in total. The monoisotopic (exact) mass is 628 g/mol. The summed E-state index contributed by atoms with van der Waals surface area (Å²) in [4.78, 5) is 2.39. The number of rotatable bonds is 6. The number of benzene rings is 7. The van der Waals surface area contributed by atoms with Crippen LogP contribution in [0, 0.1) is 0 Å². The van der Waals surface area contributed by atoms with Crippen molar-refractivity contribution in [2.24, 2.45) is 0 Å². The van der Waals surface area contributed by atoms with Crippen LogP contribution in [0.25, 0.3) is 50.8 Å². The average molecular weight is 629 g/mol. The zero-order valence-electron chi connectivity index (χ0n) is 27.7. The van der Waals surface area contributed by atoms with Gasteiger partial charge in [0.1, 0.15) is 0 Å². The van der Waals surface area contributed by atoms with Crippen molar-refractivity contribution in [1.82, 2.24) is 4.57 Å². The summed E-state index contributed by atoms with van der Waals surface area (Å²) in [6.45, 7) is 4.69. The molecule has 0 amide bonds. The SMILES string of the molecule is CC1(C)c2ccccc2-c2ccc(N(c3ccc(C=Cc4ccccc4)cc3)c3ccc(-n4c5ccccc5c5ccccc54)cc3)cc21. The van der Waals surface area contributed by atoms with Gasteiger partial charge in [0.15, 0.2) is 0 Å². The summed E-state index contributed by atoms with van der Waals surface area (Å²) >= 11 is 0. The average Bonchev–Trinajstić information content (AvgIpc) is 3.61. The van der Waals surface area contributed by atoms with Crippen molar-refractivity contribution >= 4 is 51.0 Å². The van der Waals surface area contributed by atoms with Crippen molar-refractivity contribution in [3.63, 3.8) is 0 Å². The number of hydrogen-bond acceptors (Lipinski definition) is 1. The first-order valence-electron chi connectivity index (χ1n) is 17.0. The molecular formula is C47H36N2. The van der Waals surface area contributed by atoms with E-state index in [1.807, 2.05) is 0 Å². The topological polar surface area (TPSA) is 8.17 Å². The predicted octanol–water partition coefficient (Wildman–Crippen LogP) is 12.7. The zero-order valence-corrected chi connectivity index (χ0v) is 27.7. The molecule has 0 saturated carbocycles. The van der Waals surface area contributed by atoms with Crippen LogP contribution >= 0.6 is 0 Å². The van der Waals surface area contributed by atoms with Crippen LogP contribution in [0.15, 0.2) is 170 Å². The Morgan fingerprint density at radius 1 is 0.449 bits per heavy atom. The van der Waals surface area contributed by atoms with E-state index < -0.39 is 0 Å². The molecule has 234 valence electrons. The molecule has 1 aliphatic rings. The normalized spacial score (nSPS) is 13.2. The van der Waals surface area contributed by atoms with Gasteiger partial charge in [-0.2, -0.15) is 0 Å². The second-order valence-corrected chi connectivity index (χ2v) is 13.5. The van der Waals surface area contributed by atoms with Gasteiger partial charge in [0, 0.05) is 38.9 Å². The number of aromatic nitrogens is 1. The largest absolute Gasteiger partial charge is 0.310 e. The van der Waals surface area contributed by atoms with E-state index in [4.69, 9.17) is 0 Å². The standard InChI is InChI=1S/C47H36N2/c1-47(2)43-17-9-6-14-39(43)40-31-30-38(32-44(40)47)48(35-24-22-34(23-25-35)21-20-33-12-4-3-5-13-33)36-26-28-37(29-27-36)49-45-18-10-7-15-41(45)42-16-8-11-19-46(42)49/h3-32H,1-2H3. The third-order valence-corrected chi connectivity index (χ3v) is 10.2. The summed E-state index contributed by atoms with van der Waals surface area (Å²) in [6.07, 6.45) is 4.35. The lowest BCUT2D eigenvalue weighted by molar-refractivity contribution is 0.660. The van der Waals surface area contributed by atoms with E-state index in [1.54, 1.807) is 0 Å². The van der Waals surface area contributed by atoms with E-state index in [1.165, 1.54) is 55.2 Å². The first-order valence-corrected chi connectivity index (χ1v) is 17.0. The Bertz CT molecular complexity index is 2440. The van der Waals surface area contributed by atoms with Crippen molar-refractivity contribution in [1.29, 1.82) is 0 Å². The van der Waals surface area contributed by atoms with Crippen molar-refractivity contribution < 1.29 is 0 Å². The van der Waals surface area contributed by atoms with E-state index in [-0.39, 0.29) is 5.41 Å². The molecule has 49 heavy (non-hydrogen) atoms. The van der Waals surface area contributed by atoms with Gasteiger partial charge in [-0.05, 0) is 94.0 Å². The number of anilines is 3. The lowest BCUT2D eigenvalue weighted by Crippen LogP contribution is -2.16. The maximum absolute atomic E-state index is 2.40. The smallest absolute Gasteiger partial charge is 0.0541 e. The fraction of sp³-hybridized carbons (Fsp3) is 0.0638. The van der Waals surface area contributed by atoms with Crippen LogP contribution in [0.1, 0.15) is 36.1 Å². The highest BCUT2D eigenvalue weighted by molar-refractivity contribution is 6.09. The highest BCUT2D eigenvalue weighted by Gasteiger charge is 2.35. The predicted molar refractivity (Wildman–Crippen MR) is 208 cm³/mol. The number of fused-ring (bicyclic) bond motifs is 6. The van der Waals surface area contributed by atoms with Gasteiger partial charge in [-0.15, -0.1) is 0 Å². The summed E-state index contributed by atoms with van der Waals surface area (Å²) in [6, 6.07) is 61.6. The van der Waals surface area contributed by atoms with Crippen LogP contribution in [0.3, 0.4) is 0 Å². The fourth-order valence-electron chi connectivity index (χ4n) is 7.72. The van der Waals surface area contributed by atoms with Crippen molar-refractivity contribution in [3.05, 3.63) is 192 Å². The molecule has 0 atom stereocenters. The third kappa shape index (κ3) is 4.88. The molecule has 0 spiro atoms. The lowest BCUT2D eigenvalue weighted by atomic mass is 9.82. The molecule has 0 bridgehead atoms. The number of nitrogens with zero attached hydrogens (tertiary/aromatic N) is 2. The van der Waals surface area contributed by atoms with Gasteiger partial charge in [-0.25, -0.2) is 0 Å². The Kier molecular flexibility index (Phi) is 6.84. The van der Waals surface area contributed by atoms with Crippen molar-refractivity contribution in [3.8, 4) is 16.8 Å². The fourth-order valence-corrected chi connectivity index (χ4v) is 7.72. The molecule has 0 fully saturated rings. The van der Waals surface area contributed by atoms with E-state index in [9.17, 15) is 0 Å². The Labute approximate surface area is 287 Å². The summed E-state index contributed by atoms with van der Waals surface area (Å²) < 4.78 is 2.38. The molecule has 7 aromatic carbocycles. The molecule has 0 aliphatic heterocycles. The summed E-state index contributed by atoms with van der Waals surface area (Å²) in [7, 11) is 0. The van der Waals surface area contributed by atoms with Gasteiger partial charge >= 0.3 is 0 Å². The Morgan fingerprint density at radius 3 is 1.63 bits per heavy atom. The zero-order chi connectivity index (χ0) is 33.0. The molecular weight excluding hydrogens is 593 g/mol. The minimum Gasteiger partial charge on any atom is -0.310 e. The Hall–Kier alpha value is -6.12. The highest BCUT2D eigenvalue weighted by atomic mass is 15.1. The van der Waals surface area contributed by atoms with Crippen molar-refractivity contribution in [2.75, 3.05) is 4.90 Å². The van der Waals surface area contributed by atoms with Gasteiger partial charge < -0.3 is 9.47 Å². The minimum atomic E-state index is -0.0832. The van der Waals surface area contributed by atoms with Gasteiger partial charge in [0.05, 0.1) is 11.0 Å². The van der Waals surface area contributed by atoms with E-state index in [0.717, 1.165) is 22.7 Å². The molecule has 8 aromatic rings. The molecule has 1 aromatic heterocycles. The third-order valence-electron chi connectivity index (χ3n) is 10.2. The quantitative estimate of drug-likeness (QED) is 0.166. The minimum absolute atomic E-state index is 0.0832. The van der Waals surface area contributed by atoms with E-state index in [2.05, 4.69) is 205 Å². The van der Waals surface area contributed by atoms with Gasteiger partial charge in [0.25, 0.3) is 0 Å². The Morgan fingerprint density at radius 2 is 0.959 bits per heavy atom. The lowest BCUT2D eigenvalue weighted by Gasteiger charge is -2.28. The maximum atomic E-state index is 2.40. The summed E-state index contributed by atoms with van der Waals surface area (Å²) in [5, 5.41) is 2.54. The highest BCUT2D eigenvalue weighted by Crippen LogP contribution is 2.50. The van der Waals surface area contributed by atoms with Crippen LogP contribution in [-0.4, -0.2) is 4.57 Å². The first kappa shape index (κ1) is 29.1. The molecule has 2 heteroatoms. The molecule has 1 aliphatic carbocycles. The molecule has 0 radical (unpaired) electrons. The van der Waals surface area contributed by atoms with Crippen LogP contribution < -0.4 is 4.90 Å². The molecule has 2 nitrogen and oxygen atoms in total. The van der Waals surface area contributed by atoms with Crippen LogP contribution in [0.5, 0.6) is 0 Å². The summed E-state index contributed by atoms with van der Waals surface area (Å²) in [5.74, 6) is 0. The second kappa shape index (κ2) is 11.5. The number of para-hydroxylation sites is 2. The summed E-state index contributed by atoms with van der Waals surface area (Å²) in [5.41, 5.74) is 14.7. The van der Waals surface area contributed by atoms with Gasteiger partial charge in [-0.3, -0.25) is 0 Å². The van der Waals surface area contributed by atoms with Gasteiger partial charge in [-0.1, -0.05) is 135 Å². The number of hydrogen-bond donors (Lipinski definition) is 0. The Balaban J connectivity index is 1.15. The van der Waals surface area contributed by atoms with E-state index >= 15 is 0 Å². The van der Waals surface area contributed by atoms with Crippen molar-refractivity contribution in [2.45, 2.75) is 19.3 Å². The second-order valence-electron chi connectivity index (χ2n) is 13.5. The van der Waals surface area contributed by atoms with Gasteiger partial charge in [0.2, 0.25) is 0 Å². The van der Waals surface area contributed by atoms with E-state index in [0.29, 0.717) is 0 Å². The molecule has 0 unspecified atom stereocenters.